The molecule has 3 nitrogen and oxygen atoms in total. The summed E-state index contributed by atoms with van der Waals surface area (Å²) < 4.78 is 12.8. The average Bonchev–Trinajstić information content (AvgIpc) is 2.43. The normalized spacial score (nSPS) is 16.1. The van der Waals surface area contributed by atoms with Crippen LogP contribution in [0.4, 0.5) is 10.1 Å². The van der Waals surface area contributed by atoms with Gasteiger partial charge in [0, 0.05) is 18.8 Å². The molecule has 0 amide bonds. The first-order valence-electron chi connectivity index (χ1n) is 6.77. The summed E-state index contributed by atoms with van der Waals surface area (Å²) in [6.07, 6.45) is 3.96. The number of halogens is 1. The molecule has 1 aromatic rings. The van der Waals surface area contributed by atoms with Crippen LogP contribution in [-0.4, -0.2) is 36.2 Å². The lowest BCUT2D eigenvalue weighted by Crippen LogP contribution is -2.38. The molecule has 0 aliphatic carbocycles. The zero-order chi connectivity index (χ0) is 13.5. The second-order valence-corrected chi connectivity index (χ2v) is 5.20. The van der Waals surface area contributed by atoms with Crippen LogP contribution in [0.1, 0.15) is 19.3 Å². The van der Waals surface area contributed by atoms with Gasteiger partial charge in [-0.3, -0.25) is 0 Å². The lowest BCUT2D eigenvalue weighted by molar-refractivity contribution is 0.232. The van der Waals surface area contributed by atoms with E-state index in [2.05, 4.69) is 15.5 Å². The van der Waals surface area contributed by atoms with Gasteiger partial charge in [-0.15, -0.1) is 0 Å². The topological polar surface area (TPSA) is 27.3 Å². The van der Waals surface area contributed by atoms with Crippen LogP contribution in [0.15, 0.2) is 24.3 Å². The van der Waals surface area contributed by atoms with Crippen molar-refractivity contribution in [2.45, 2.75) is 19.3 Å². The summed E-state index contributed by atoms with van der Waals surface area (Å²) in [4.78, 5) is 2.46. The van der Waals surface area contributed by atoms with E-state index in [0.29, 0.717) is 5.11 Å². The van der Waals surface area contributed by atoms with Crippen molar-refractivity contribution in [3.8, 4) is 0 Å². The first-order valence-corrected chi connectivity index (χ1v) is 7.17. The van der Waals surface area contributed by atoms with Crippen LogP contribution in [0.5, 0.6) is 0 Å². The summed E-state index contributed by atoms with van der Waals surface area (Å²) >= 11 is 5.20. The Labute approximate surface area is 119 Å². The van der Waals surface area contributed by atoms with Crippen molar-refractivity contribution in [1.82, 2.24) is 10.2 Å². The molecule has 1 heterocycles. The molecule has 0 spiro atoms. The fraction of sp³-hybridized carbons (Fsp3) is 0.500. The third kappa shape index (κ3) is 5.12. The van der Waals surface area contributed by atoms with Crippen molar-refractivity contribution in [3.63, 3.8) is 0 Å². The summed E-state index contributed by atoms with van der Waals surface area (Å²) in [5, 5.41) is 6.81. The lowest BCUT2D eigenvalue weighted by atomic mass is 10.1. The number of hydrogen-bond acceptors (Lipinski definition) is 2. The van der Waals surface area contributed by atoms with E-state index in [4.69, 9.17) is 12.2 Å². The Balaban J connectivity index is 1.65. The van der Waals surface area contributed by atoms with Gasteiger partial charge in [-0.2, -0.15) is 0 Å². The molecular weight excluding hydrogens is 261 g/mol. The van der Waals surface area contributed by atoms with Gasteiger partial charge < -0.3 is 15.5 Å². The standard InChI is InChI=1S/C14H20FN3S/c15-12-4-6-13(7-5-12)17-14(19)16-8-11-18-9-2-1-3-10-18/h4-7H,1-3,8-11H2,(H2,16,17,19). The Morgan fingerprint density at radius 1 is 1.16 bits per heavy atom. The molecule has 1 saturated heterocycles. The van der Waals surface area contributed by atoms with E-state index in [1.165, 1.54) is 44.5 Å². The number of piperidine rings is 1. The molecule has 0 saturated carbocycles. The predicted molar refractivity (Wildman–Crippen MR) is 80.9 cm³/mol. The van der Waals surface area contributed by atoms with Crippen molar-refractivity contribution in [3.05, 3.63) is 30.1 Å². The minimum atomic E-state index is -0.241. The van der Waals surface area contributed by atoms with E-state index in [1.54, 1.807) is 12.1 Å². The maximum atomic E-state index is 12.8. The maximum Gasteiger partial charge on any atom is 0.170 e. The molecule has 0 unspecified atom stereocenters. The number of benzene rings is 1. The van der Waals surface area contributed by atoms with Crippen LogP contribution in [0, 0.1) is 5.82 Å². The van der Waals surface area contributed by atoms with Crippen molar-refractivity contribution in [1.29, 1.82) is 0 Å². The molecule has 1 aliphatic heterocycles. The van der Waals surface area contributed by atoms with Crippen molar-refractivity contribution in [2.24, 2.45) is 0 Å². The molecule has 1 aromatic carbocycles. The van der Waals surface area contributed by atoms with Crippen LogP contribution in [0.25, 0.3) is 0 Å². The van der Waals surface area contributed by atoms with E-state index in [1.807, 2.05) is 0 Å². The maximum absolute atomic E-state index is 12.8. The van der Waals surface area contributed by atoms with Gasteiger partial charge >= 0.3 is 0 Å². The summed E-state index contributed by atoms with van der Waals surface area (Å²) in [5.74, 6) is -0.241. The molecule has 104 valence electrons. The van der Waals surface area contributed by atoms with E-state index in [0.717, 1.165) is 18.8 Å². The Kier molecular flexibility index (Phi) is 5.54. The lowest BCUT2D eigenvalue weighted by Gasteiger charge is -2.26. The van der Waals surface area contributed by atoms with Gasteiger partial charge in [-0.05, 0) is 62.4 Å². The molecule has 0 aromatic heterocycles. The minimum Gasteiger partial charge on any atom is -0.361 e. The van der Waals surface area contributed by atoms with Crippen molar-refractivity contribution in [2.75, 3.05) is 31.5 Å². The molecule has 2 rings (SSSR count). The highest BCUT2D eigenvalue weighted by Gasteiger charge is 2.09. The second kappa shape index (κ2) is 7.40. The van der Waals surface area contributed by atoms with Gasteiger partial charge in [0.1, 0.15) is 5.82 Å². The van der Waals surface area contributed by atoms with Crippen LogP contribution >= 0.6 is 12.2 Å². The average molecular weight is 281 g/mol. The zero-order valence-corrected chi connectivity index (χ0v) is 11.8. The number of anilines is 1. The third-order valence-corrected chi connectivity index (χ3v) is 3.51. The van der Waals surface area contributed by atoms with Gasteiger partial charge in [0.15, 0.2) is 5.11 Å². The highest BCUT2D eigenvalue weighted by atomic mass is 32.1. The van der Waals surface area contributed by atoms with Gasteiger partial charge in [0.05, 0.1) is 0 Å². The van der Waals surface area contributed by atoms with Crippen molar-refractivity contribution >= 4 is 23.0 Å². The van der Waals surface area contributed by atoms with E-state index in [9.17, 15) is 4.39 Å². The van der Waals surface area contributed by atoms with Gasteiger partial charge in [-0.25, -0.2) is 4.39 Å². The van der Waals surface area contributed by atoms with Crippen LogP contribution in [0.3, 0.4) is 0 Å². The minimum absolute atomic E-state index is 0.241. The molecule has 1 fully saturated rings. The fourth-order valence-corrected chi connectivity index (χ4v) is 2.44. The number of rotatable bonds is 4. The van der Waals surface area contributed by atoms with Crippen LogP contribution in [-0.2, 0) is 0 Å². The number of nitrogens with zero attached hydrogens (tertiary/aromatic N) is 1. The van der Waals surface area contributed by atoms with Crippen molar-refractivity contribution < 1.29 is 4.39 Å². The quantitative estimate of drug-likeness (QED) is 0.830. The molecule has 5 heteroatoms. The highest BCUT2D eigenvalue weighted by Crippen LogP contribution is 2.08. The van der Waals surface area contributed by atoms with Gasteiger partial charge in [0.2, 0.25) is 0 Å². The number of likely N-dealkylation sites (tertiary alicyclic amines) is 1. The largest absolute Gasteiger partial charge is 0.361 e. The number of nitrogens with one attached hydrogen (secondary N) is 2. The van der Waals surface area contributed by atoms with Crippen LogP contribution < -0.4 is 10.6 Å². The highest BCUT2D eigenvalue weighted by molar-refractivity contribution is 7.80. The monoisotopic (exact) mass is 281 g/mol. The summed E-state index contributed by atoms with van der Waals surface area (Å²) in [6.45, 7) is 4.25. The first-order chi connectivity index (χ1) is 9.24. The summed E-state index contributed by atoms with van der Waals surface area (Å²) in [7, 11) is 0. The third-order valence-electron chi connectivity index (χ3n) is 3.26. The molecule has 19 heavy (non-hydrogen) atoms. The SMILES string of the molecule is Fc1ccc(NC(=S)NCCN2CCCCC2)cc1. The fourth-order valence-electron chi connectivity index (χ4n) is 2.22. The molecule has 2 N–H and O–H groups in total. The first kappa shape index (κ1) is 14.2. The Bertz CT molecular complexity index is 402. The molecule has 0 atom stereocenters. The number of thiocarbonyl (C=S) groups is 1. The van der Waals surface area contributed by atoms with Crippen LogP contribution in [0.2, 0.25) is 0 Å². The molecular formula is C14H20FN3S. The predicted octanol–water partition coefficient (Wildman–Crippen LogP) is 2.60. The number of hydrogen-bond donors (Lipinski definition) is 2. The van der Waals surface area contributed by atoms with E-state index < -0.39 is 0 Å². The Hall–Kier alpha value is -1.20. The Morgan fingerprint density at radius 3 is 2.53 bits per heavy atom. The molecule has 0 bridgehead atoms. The smallest absolute Gasteiger partial charge is 0.170 e. The van der Waals surface area contributed by atoms with Gasteiger partial charge in [-0.1, -0.05) is 6.42 Å². The van der Waals surface area contributed by atoms with E-state index in [-0.39, 0.29) is 5.82 Å². The zero-order valence-electron chi connectivity index (χ0n) is 11.0. The summed E-state index contributed by atoms with van der Waals surface area (Å²) in [5.41, 5.74) is 0.803. The Morgan fingerprint density at radius 2 is 1.84 bits per heavy atom. The second-order valence-electron chi connectivity index (χ2n) is 4.79. The molecule has 1 aliphatic rings. The van der Waals surface area contributed by atoms with E-state index >= 15 is 0 Å². The molecule has 0 radical (unpaired) electrons. The summed E-state index contributed by atoms with van der Waals surface area (Å²) in [6, 6.07) is 6.18. The van der Waals surface area contributed by atoms with Gasteiger partial charge in [0.25, 0.3) is 0 Å².